The second kappa shape index (κ2) is 4.82. The number of hydrogen-bond donors (Lipinski definition) is 1. The molecular formula is C10H16N2O3. The summed E-state index contributed by atoms with van der Waals surface area (Å²) in [5, 5.41) is 0. The Morgan fingerprint density at radius 2 is 2.27 bits per heavy atom. The van der Waals surface area contributed by atoms with Gasteiger partial charge in [0, 0.05) is 6.42 Å². The van der Waals surface area contributed by atoms with Gasteiger partial charge in [-0.2, -0.15) is 0 Å². The molecule has 0 aliphatic heterocycles. The SMILES string of the molecule is CCOC(=O)c1nc(CC(C)C)oc1N. The van der Waals surface area contributed by atoms with Gasteiger partial charge >= 0.3 is 5.97 Å². The van der Waals surface area contributed by atoms with Crippen LogP contribution < -0.4 is 5.73 Å². The Labute approximate surface area is 88.6 Å². The van der Waals surface area contributed by atoms with Gasteiger partial charge in [-0.05, 0) is 12.8 Å². The van der Waals surface area contributed by atoms with Crippen LogP contribution in [-0.4, -0.2) is 17.6 Å². The molecule has 0 fully saturated rings. The van der Waals surface area contributed by atoms with Gasteiger partial charge in [0.2, 0.25) is 11.6 Å². The van der Waals surface area contributed by atoms with Gasteiger partial charge in [0.25, 0.3) is 0 Å². The standard InChI is InChI=1S/C10H16N2O3/c1-4-14-10(13)8-9(11)15-7(12-8)5-6(2)3/h6H,4-5,11H2,1-3H3. The number of nitrogens with two attached hydrogens (primary N) is 1. The van der Waals surface area contributed by atoms with Gasteiger partial charge in [0.1, 0.15) is 0 Å². The molecule has 84 valence electrons. The highest BCUT2D eigenvalue weighted by Crippen LogP contribution is 2.16. The average molecular weight is 212 g/mol. The Morgan fingerprint density at radius 1 is 1.60 bits per heavy atom. The van der Waals surface area contributed by atoms with Crippen molar-refractivity contribution in [1.82, 2.24) is 4.98 Å². The van der Waals surface area contributed by atoms with E-state index in [1.165, 1.54) is 0 Å². The van der Waals surface area contributed by atoms with Crippen LogP contribution in [0.1, 0.15) is 37.2 Å². The summed E-state index contributed by atoms with van der Waals surface area (Å²) in [5.41, 5.74) is 5.59. The van der Waals surface area contributed by atoms with Crippen LogP contribution in [0, 0.1) is 5.92 Å². The molecule has 2 N–H and O–H groups in total. The zero-order valence-electron chi connectivity index (χ0n) is 9.24. The maximum absolute atomic E-state index is 11.3. The van der Waals surface area contributed by atoms with E-state index in [4.69, 9.17) is 14.9 Å². The monoisotopic (exact) mass is 212 g/mol. The molecule has 0 aliphatic rings. The third-order valence-corrected chi connectivity index (χ3v) is 1.75. The van der Waals surface area contributed by atoms with E-state index >= 15 is 0 Å². The summed E-state index contributed by atoms with van der Waals surface area (Å²) in [7, 11) is 0. The number of carbonyl (C=O) groups is 1. The third kappa shape index (κ3) is 2.97. The molecule has 1 rings (SSSR count). The van der Waals surface area contributed by atoms with Gasteiger partial charge in [0.15, 0.2) is 5.89 Å². The van der Waals surface area contributed by atoms with Crippen LogP contribution in [0.2, 0.25) is 0 Å². The molecule has 1 aromatic heterocycles. The van der Waals surface area contributed by atoms with Crippen LogP contribution in [0.25, 0.3) is 0 Å². The van der Waals surface area contributed by atoms with E-state index in [-0.39, 0.29) is 11.6 Å². The lowest BCUT2D eigenvalue weighted by Crippen LogP contribution is -2.07. The molecule has 0 bridgehead atoms. The van der Waals surface area contributed by atoms with Crippen molar-refractivity contribution in [1.29, 1.82) is 0 Å². The van der Waals surface area contributed by atoms with Crippen LogP contribution in [0.15, 0.2) is 4.42 Å². The molecule has 5 heteroatoms. The molecule has 5 nitrogen and oxygen atoms in total. The first-order valence-corrected chi connectivity index (χ1v) is 4.96. The number of anilines is 1. The van der Waals surface area contributed by atoms with Crippen LogP contribution in [0.5, 0.6) is 0 Å². The van der Waals surface area contributed by atoms with Gasteiger partial charge in [-0.15, -0.1) is 0 Å². The maximum atomic E-state index is 11.3. The normalized spacial score (nSPS) is 10.7. The largest absolute Gasteiger partial charge is 0.461 e. The van der Waals surface area contributed by atoms with E-state index in [0.29, 0.717) is 24.8 Å². The Balaban J connectivity index is 2.81. The van der Waals surface area contributed by atoms with Crippen molar-refractivity contribution >= 4 is 11.9 Å². The molecule has 0 aromatic carbocycles. The fourth-order valence-corrected chi connectivity index (χ4v) is 1.16. The van der Waals surface area contributed by atoms with Gasteiger partial charge in [-0.1, -0.05) is 13.8 Å². The number of nitrogen functional groups attached to an aromatic ring is 1. The molecule has 0 atom stereocenters. The van der Waals surface area contributed by atoms with Crippen molar-refractivity contribution in [3.8, 4) is 0 Å². The van der Waals surface area contributed by atoms with E-state index in [2.05, 4.69) is 4.98 Å². The van der Waals surface area contributed by atoms with Crippen LogP contribution in [0.4, 0.5) is 5.88 Å². The lowest BCUT2D eigenvalue weighted by molar-refractivity contribution is 0.0521. The molecule has 0 spiro atoms. The first kappa shape index (κ1) is 11.6. The second-order valence-electron chi connectivity index (χ2n) is 3.64. The third-order valence-electron chi connectivity index (χ3n) is 1.75. The van der Waals surface area contributed by atoms with E-state index in [1.807, 2.05) is 13.8 Å². The van der Waals surface area contributed by atoms with Gasteiger partial charge in [0.05, 0.1) is 6.61 Å². The first-order valence-electron chi connectivity index (χ1n) is 4.96. The highest BCUT2D eigenvalue weighted by Gasteiger charge is 2.19. The van der Waals surface area contributed by atoms with E-state index < -0.39 is 5.97 Å². The van der Waals surface area contributed by atoms with Crippen molar-refractivity contribution in [2.24, 2.45) is 5.92 Å². The first-order chi connectivity index (χ1) is 7.04. The lowest BCUT2D eigenvalue weighted by atomic mass is 10.1. The summed E-state index contributed by atoms with van der Waals surface area (Å²) in [6.07, 6.45) is 0.656. The number of rotatable bonds is 4. The van der Waals surface area contributed by atoms with Gasteiger partial charge in [-0.25, -0.2) is 9.78 Å². The molecule has 0 amide bonds. The zero-order valence-corrected chi connectivity index (χ0v) is 9.24. The highest BCUT2D eigenvalue weighted by molar-refractivity contribution is 5.91. The minimum absolute atomic E-state index is 0.0316. The minimum atomic E-state index is -0.534. The topological polar surface area (TPSA) is 78.3 Å². The number of ether oxygens (including phenoxy) is 1. The van der Waals surface area contributed by atoms with Gasteiger partial charge in [-0.3, -0.25) is 0 Å². The molecule has 0 unspecified atom stereocenters. The summed E-state index contributed by atoms with van der Waals surface area (Å²) in [6, 6.07) is 0. The molecular weight excluding hydrogens is 196 g/mol. The van der Waals surface area contributed by atoms with Crippen molar-refractivity contribution < 1.29 is 13.9 Å². The maximum Gasteiger partial charge on any atom is 0.362 e. The van der Waals surface area contributed by atoms with Crippen molar-refractivity contribution in [3.05, 3.63) is 11.6 Å². The zero-order chi connectivity index (χ0) is 11.4. The number of aromatic nitrogens is 1. The molecule has 0 radical (unpaired) electrons. The Hall–Kier alpha value is -1.52. The second-order valence-corrected chi connectivity index (χ2v) is 3.64. The number of nitrogens with zero attached hydrogens (tertiary/aromatic N) is 1. The molecule has 0 saturated carbocycles. The number of hydrogen-bond acceptors (Lipinski definition) is 5. The van der Waals surface area contributed by atoms with Gasteiger partial charge < -0.3 is 14.9 Å². The Bertz CT molecular complexity index is 344. The smallest absolute Gasteiger partial charge is 0.362 e. The van der Waals surface area contributed by atoms with Crippen molar-refractivity contribution in [2.75, 3.05) is 12.3 Å². The van der Waals surface area contributed by atoms with E-state index in [9.17, 15) is 4.79 Å². The number of oxazole rings is 1. The molecule has 0 saturated heterocycles. The van der Waals surface area contributed by atoms with Crippen molar-refractivity contribution in [2.45, 2.75) is 27.2 Å². The van der Waals surface area contributed by atoms with Crippen molar-refractivity contribution in [3.63, 3.8) is 0 Å². The predicted octanol–water partition coefficient (Wildman–Crippen LogP) is 1.63. The fourth-order valence-electron chi connectivity index (χ4n) is 1.16. The summed E-state index contributed by atoms with van der Waals surface area (Å²) < 4.78 is 9.94. The summed E-state index contributed by atoms with van der Waals surface area (Å²) >= 11 is 0. The minimum Gasteiger partial charge on any atom is -0.461 e. The average Bonchev–Trinajstić information content (AvgIpc) is 2.46. The van der Waals surface area contributed by atoms with Crippen LogP contribution in [0.3, 0.4) is 0 Å². The summed E-state index contributed by atoms with van der Waals surface area (Å²) in [6.45, 7) is 6.09. The quantitative estimate of drug-likeness (QED) is 0.767. The molecule has 0 aliphatic carbocycles. The molecule has 1 heterocycles. The number of carbonyl (C=O) groups excluding carboxylic acids is 1. The lowest BCUT2D eigenvalue weighted by Gasteiger charge is -1.97. The fraction of sp³-hybridized carbons (Fsp3) is 0.600. The number of esters is 1. The van der Waals surface area contributed by atoms with E-state index in [0.717, 1.165) is 0 Å². The summed E-state index contributed by atoms with van der Waals surface area (Å²) in [4.78, 5) is 15.3. The Morgan fingerprint density at radius 3 is 2.80 bits per heavy atom. The molecule has 1 aromatic rings. The predicted molar refractivity (Wildman–Crippen MR) is 55.4 cm³/mol. The Kier molecular flexibility index (Phi) is 3.71. The summed E-state index contributed by atoms with van der Waals surface area (Å²) in [5.74, 6) is 0.376. The highest BCUT2D eigenvalue weighted by atomic mass is 16.5. The van der Waals surface area contributed by atoms with Crippen LogP contribution in [-0.2, 0) is 11.2 Å². The van der Waals surface area contributed by atoms with E-state index in [1.54, 1.807) is 6.92 Å². The molecule has 15 heavy (non-hydrogen) atoms. The van der Waals surface area contributed by atoms with Crippen LogP contribution >= 0.6 is 0 Å².